The Morgan fingerprint density at radius 2 is 1.88 bits per heavy atom. The van der Waals surface area contributed by atoms with Crippen LogP contribution in [0, 0.1) is 0 Å². The van der Waals surface area contributed by atoms with Gasteiger partial charge in [-0.25, -0.2) is 0 Å². The normalized spacial score (nSPS) is 12.5. The fraction of sp³-hybridized carbons (Fsp3) is 1.00. The molecule has 0 atom stereocenters. The molecule has 0 fully saturated rings. The Morgan fingerprint density at radius 1 is 1.50 bits per heavy atom. The van der Waals surface area contributed by atoms with Crippen LogP contribution in [0.5, 0.6) is 0 Å². The minimum atomic E-state index is 0.437. The van der Waals surface area contributed by atoms with Crippen LogP contribution in [0.3, 0.4) is 0 Å². The molecule has 0 saturated carbocycles. The zero-order chi connectivity index (χ0) is 6.78. The summed E-state index contributed by atoms with van der Waals surface area (Å²) < 4.78 is 2.38. The summed E-state index contributed by atoms with van der Waals surface area (Å²) >= 11 is 1.17. The average Bonchev–Trinajstić information content (AvgIpc) is 1.67. The van der Waals surface area contributed by atoms with E-state index in [1.807, 2.05) is 0 Å². The molecule has 0 saturated heterocycles. The fourth-order valence-corrected chi connectivity index (χ4v) is 0.805. The third kappa shape index (κ3) is 2.40. The number of hydrogen-bond donors (Lipinski definition) is 0. The van der Waals surface area contributed by atoms with Crippen LogP contribution in [0.4, 0.5) is 0 Å². The van der Waals surface area contributed by atoms with Crippen LogP contribution in [0.1, 0.15) is 27.2 Å². The molecular formula is C6H14HfN. The summed E-state index contributed by atoms with van der Waals surface area (Å²) in [6.07, 6.45) is 1.24. The van der Waals surface area contributed by atoms with E-state index >= 15 is 0 Å². The first-order chi connectivity index (χ1) is 3.50. The molecule has 0 amide bonds. The predicted molar refractivity (Wildman–Crippen MR) is 32.1 cm³/mol. The van der Waals surface area contributed by atoms with Crippen molar-refractivity contribution in [3.8, 4) is 0 Å². The Labute approximate surface area is 67.4 Å². The van der Waals surface area contributed by atoms with E-state index in [0.717, 1.165) is 0 Å². The van der Waals surface area contributed by atoms with Gasteiger partial charge in [0, 0.05) is 0 Å². The molecule has 0 radical (unpaired) electrons. The van der Waals surface area contributed by atoms with Crippen LogP contribution in [0.25, 0.3) is 0 Å². The molecule has 0 spiro atoms. The van der Waals surface area contributed by atoms with Crippen LogP contribution in [0.15, 0.2) is 0 Å². The van der Waals surface area contributed by atoms with Crippen LogP contribution in [0.2, 0.25) is 0 Å². The summed E-state index contributed by atoms with van der Waals surface area (Å²) in [5, 5.41) is 0. The van der Waals surface area contributed by atoms with Crippen molar-refractivity contribution >= 4 is 0 Å². The summed E-state index contributed by atoms with van der Waals surface area (Å²) in [7, 11) is 2.18. The first kappa shape index (κ1) is 8.83. The number of rotatable bonds is 2. The first-order valence-corrected chi connectivity index (χ1v) is 4.56. The van der Waals surface area contributed by atoms with E-state index in [1.165, 1.54) is 31.1 Å². The van der Waals surface area contributed by atoms with E-state index in [1.54, 1.807) is 0 Å². The second-order valence-corrected chi connectivity index (χ2v) is 5.14. The van der Waals surface area contributed by atoms with Crippen molar-refractivity contribution in [2.24, 2.45) is 0 Å². The molecule has 0 aliphatic carbocycles. The first-order valence-electron chi connectivity index (χ1n) is 2.96. The van der Waals surface area contributed by atoms with Crippen molar-refractivity contribution < 1.29 is 24.7 Å². The van der Waals surface area contributed by atoms with Gasteiger partial charge in [-0.1, -0.05) is 0 Å². The maximum atomic E-state index is 2.38. The Bertz CT molecular complexity index is 68.9. The van der Waals surface area contributed by atoms with Gasteiger partial charge < -0.3 is 0 Å². The molecule has 0 aliphatic heterocycles. The fourth-order valence-electron chi connectivity index (χ4n) is 0.237. The number of hydrogen-bond acceptors (Lipinski definition) is 1. The molecule has 0 heterocycles. The van der Waals surface area contributed by atoms with E-state index in [0.29, 0.717) is 5.54 Å². The second kappa shape index (κ2) is 3.11. The standard InChI is InChI=1S/C6H14N.Hf/c1-5-6(2,3)7-4;/h5H2,1-4H3;/q-1;+1. The second-order valence-electron chi connectivity index (χ2n) is 2.73. The van der Waals surface area contributed by atoms with E-state index in [2.05, 4.69) is 30.7 Å². The Balaban J connectivity index is 3.71. The summed E-state index contributed by atoms with van der Waals surface area (Å²) in [5.41, 5.74) is 0.437. The minimum absolute atomic E-state index is 0.437. The Hall–Kier alpha value is 0.830. The molecule has 1 nitrogen and oxygen atoms in total. The van der Waals surface area contributed by atoms with Gasteiger partial charge in [-0.05, 0) is 0 Å². The van der Waals surface area contributed by atoms with Crippen molar-refractivity contribution in [3.63, 3.8) is 0 Å². The van der Waals surface area contributed by atoms with E-state index in [4.69, 9.17) is 0 Å². The quantitative estimate of drug-likeness (QED) is 0.693. The SMILES string of the molecule is CCC(C)(C)[N](C)[Hf]. The molecule has 0 aromatic carbocycles. The van der Waals surface area contributed by atoms with E-state index < -0.39 is 0 Å². The Kier molecular flexibility index (Phi) is 3.44. The zero-order valence-corrected chi connectivity index (χ0v) is 9.75. The van der Waals surface area contributed by atoms with Gasteiger partial charge in [0.05, 0.1) is 0 Å². The van der Waals surface area contributed by atoms with Gasteiger partial charge in [-0.3, -0.25) is 0 Å². The van der Waals surface area contributed by atoms with Crippen molar-refractivity contribution in [1.29, 1.82) is 0 Å². The van der Waals surface area contributed by atoms with Crippen molar-refractivity contribution in [1.82, 2.24) is 2.89 Å². The third-order valence-electron chi connectivity index (χ3n) is 1.77. The molecule has 0 aromatic rings. The van der Waals surface area contributed by atoms with E-state index in [9.17, 15) is 0 Å². The molecular weight excluding hydrogens is 265 g/mol. The van der Waals surface area contributed by atoms with Crippen molar-refractivity contribution in [3.05, 3.63) is 0 Å². The molecule has 0 N–H and O–H groups in total. The van der Waals surface area contributed by atoms with Crippen molar-refractivity contribution in [2.75, 3.05) is 7.05 Å². The summed E-state index contributed by atoms with van der Waals surface area (Å²) in [6.45, 7) is 6.79. The van der Waals surface area contributed by atoms with Crippen LogP contribution >= 0.6 is 0 Å². The summed E-state index contributed by atoms with van der Waals surface area (Å²) in [5.74, 6) is 0. The third-order valence-corrected chi connectivity index (χ3v) is 3.95. The topological polar surface area (TPSA) is 3.24 Å². The Morgan fingerprint density at radius 3 is 1.88 bits per heavy atom. The molecule has 0 unspecified atom stereocenters. The predicted octanol–water partition coefficient (Wildman–Crippen LogP) is 1.57. The average molecular weight is 279 g/mol. The van der Waals surface area contributed by atoms with Gasteiger partial charge in [0.1, 0.15) is 0 Å². The zero-order valence-electron chi connectivity index (χ0n) is 6.15. The molecule has 0 bridgehead atoms. The molecule has 47 valence electrons. The van der Waals surface area contributed by atoms with Gasteiger partial charge in [0.25, 0.3) is 0 Å². The van der Waals surface area contributed by atoms with Gasteiger partial charge in [0.15, 0.2) is 0 Å². The molecule has 8 heavy (non-hydrogen) atoms. The summed E-state index contributed by atoms with van der Waals surface area (Å²) in [6, 6.07) is 0. The van der Waals surface area contributed by atoms with Crippen LogP contribution in [-0.2, 0) is 24.7 Å². The van der Waals surface area contributed by atoms with Gasteiger partial charge in [0.2, 0.25) is 0 Å². The van der Waals surface area contributed by atoms with Gasteiger partial charge >= 0.3 is 67.3 Å². The molecule has 0 aliphatic rings. The summed E-state index contributed by atoms with van der Waals surface area (Å²) in [4.78, 5) is 0. The maximum absolute atomic E-state index is 2.38. The molecule has 0 rings (SSSR count). The molecule has 2 heteroatoms. The van der Waals surface area contributed by atoms with Crippen LogP contribution in [-0.4, -0.2) is 15.5 Å². The van der Waals surface area contributed by atoms with Crippen LogP contribution < -0.4 is 0 Å². The van der Waals surface area contributed by atoms with Gasteiger partial charge in [-0.2, -0.15) is 0 Å². The van der Waals surface area contributed by atoms with Gasteiger partial charge in [-0.15, -0.1) is 0 Å². The molecule has 0 aromatic heterocycles. The monoisotopic (exact) mass is 280 g/mol. The number of nitrogens with zero attached hydrogens (tertiary/aromatic N) is 1. The van der Waals surface area contributed by atoms with Crippen molar-refractivity contribution in [2.45, 2.75) is 32.7 Å². The van der Waals surface area contributed by atoms with E-state index in [-0.39, 0.29) is 0 Å².